The monoisotopic (exact) mass is 239 g/mol. The van der Waals surface area contributed by atoms with Crippen molar-refractivity contribution in [3.05, 3.63) is 42.3 Å². The molecule has 0 aliphatic carbocycles. The standard InChI is InChI=1S/C16H17NO/c1-2-3-4-5-9-12-15-13-18-16(17-15)14-10-7-6-8-11-14/h1,6-8,10-11,13H,3-5,9,12H2. The van der Waals surface area contributed by atoms with Gasteiger partial charge in [0.05, 0.1) is 5.69 Å². The van der Waals surface area contributed by atoms with Crippen LogP contribution < -0.4 is 0 Å². The molecule has 1 aromatic carbocycles. The molecule has 18 heavy (non-hydrogen) atoms. The Balaban J connectivity index is 1.86. The number of rotatable bonds is 6. The lowest BCUT2D eigenvalue weighted by Gasteiger charge is -1.95. The highest BCUT2D eigenvalue weighted by Gasteiger charge is 2.05. The molecule has 0 saturated heterocycles. The lowest BCUT2D eigenvalue weighted by molar-refractivity contribution is 0.571. The van der Waals surface area contributed by atoms with Gasteiger partial charge in [-0.1, -0.05) is 24.6 Å². The molecule has 0 N–H and O–H groups in total. The maximum atomic E-state index is 5.49. The van der Waals surface area contributed by atoms with Crippen molar-refractivity contribution in [3.8, 4) is 23.8 Å². The highest BCUT2D eigenvalue weighted by atomic mass is 16.3. The normalized spacial score (nSPS) is 10.2. The van der Waals surface area contributed by atoms with Crippen LogP contribution in [-0.4, -0.2) is 4.98 Å². The number of oxazole rings is 1. The number of aromatic nitrogens is 1. The van der Waals surface area contributed by atoms with Crippen molar-refractivity contribution in [1.82, 2.24) is 4.98 Å². The molecular weight excluding hydrogens is 222 g/mol. The molecule has 0 bridgehead atoms. The van der Waals surface area contributed by atoms with E-state index in [0.29, 0.717) is 5.89 Å². The van der Waals surface area contributed by atoms with Crippen LogP contribution in [0.5, 0.6) is 0 Å². The minimum atomic E-state index is 0.703. The third-order valence-electron chi connectivity index (χ3n) is 2.83. The molecule has 2 nitrogen and oxygen atoms in total. The van der Waals surface area contributed by atoms with Gasteiger partial charge in [-0.05, 0) is 31.4 Å². The van der Waals surface area contributed by atoms with E-state index in [0.717, 1.165) is 43.4 Å². The van der Waals surface area contributed by atoms with E-state index in [9.17, 15) is 0 Å². The van der Waals surface area contributed by atoms with E-state index >= 15 is 0 Å². The predicted molar refractivity (Wildman–Crippen MR) is 72.9 cm³/mol. The van der Waals surface area contributed by atoms with Crippen molar-refractivity contribution < 1.29 is 4.42 Å². The summed E-state index contributed by atoms with van der Waals surface area (Å²) in [6.07, 6.45) is 12.2. The molecule has 0 atom stereocenters. The Bertz CT molecular complexity index is 507. The number of aryl methyl sites for hydroxylation is 1. The Hall–Kier alpha value is -2.01. The summed E-state index contributed by atoms with van der Waals surface area (Å²) in [6, 6.07) is 9.96. The Kier molecular flexibility index (Phi) is 4.60. The fourth-order valence-corrected chi connectivity index (χ4v) is 1.85. The van der Waals surface area contributed by atoms with Crippen molar-refractivity contribution in [2.75, 3.05) is 0 Å². The van der Waals surface area contributed by atoms with Crippen molar-refractivity contribution in [1.29, 1.82) is 0 Å². The first-order valence-corrected chi connectivity index (χ1v) is 6.33. The summed E-state index contributed by atoms with van der Waals surface area (Å²) in [7, 11) is 0. The van der Waals surface area contributed by atoms with Crippen LogP contribution in [0.4, 0.5) is 0 Å². The van der Waals surface area contributed by atoms with Gasteiger partial charge in [-0.2, -0.15) is 0 Å². The molecule has 2 rings (SSSR count). The molecule has 0 saturated carbocycles. The number of nitrogens with zero attached hydrogens (tertiary/aromatic N) is 1. The van der Waals surface area contributed by atoms with Crippen LogP contribution >= 0.6 is 0 Å². The Morgan fingerprint density at radius 2 is 1.94 bits per heavy atom. The molecule has 2 aromatic rings. The summed E-state index contributed by atoms with van der Waals surface area (Å²) < 4.78 is 5.49. The van der Waals surface area contributed by atoms with Gasteiger partial charge in [0.25, 0.3) is 0 Å². The first kappa shape index (κ1) is 12.4. The highest BCUT2D eigenvalue weighted by molar-refractivity contribution is 5.52. The quantitative estimate of drug-likeness (QED) is 0.561. The van der Waals surface area contributed by atoms with Crippen molar-refractivity contribution in [3.63, 3.8) is 0 Å². The highest BCUT2D eigenvalue weighted by Crippen LogP contribution is 2.18. The molecule has 1 heterocycles. The average Bonchev–Trinajstić information content (AvgIpc) is 2.88. The number of hydrogen-bond acceptors (Lipinski definition) is 2. The van der Waals surface area contributed by atoms with Gasteiger partial charge in [-0.15, -0.1) is 12.3 Å². The van der Waals surface area contributed by atoms with E-state index in [1.54, 1.807) is 6.26 Å². The fourth-order valence-electron chi connectivity index (χ4n) is 1.85. The van der Waals surface area contributed by atoms with E-state index in [1.165, 1.54) is 0 Å². The number of unbranched alkanes of at least 4 members (excludes halogenated alkanes) is 3. The van der Waals surface area contributed by atoms with Crippen molar-refractivity contribution >= 4 is 0 Å². The van der Waals surface area contributed by atoms with Crippen LogP contribution in [0.1, 0.15) is 31.4 Å². The van der Waals surface area contributed by atoms with Crippen LogP contribution in [0.2, 0.25) is 0 Å². The molecule has 0 aliphatic rings. The second kappa shape index (κ2) is 6.66. The van der Waals surface area contributed by atoms with Gasteiger partial charge in [0, 0.05) is 12.0 Å². The summed E-state index contributed by atoms with van der Waals surface area (Å²) in [4.78, 5) is 4.49. The largest absolute Gasteiger partial charge is 0.444 e. The van der Waals surface area contributed by atoms with Gasteiger partial charge in [-0.3, -0.25) is 0 Å². The van der Waals surface area contributed by atoms with Crippen LogP contribution in [0.15, 0.2) is 41.0 Å². The van der Waals surface area contributed by atoms with Gasteiger partial charge >= 0.3 is 0 Å². The molecule has 0 aliphatic heterocycles. The number of terminal acetylenes is 1. The second-order valence-corrected chi connectivity index (χ2v) is 4.27. The second-order valence-electron chi connectivity index (χ2n) is 4.27. The van der Waals surface area contributed by atoms with Gasteiger partial charge in [0.1, 0.15) is 6.26 Å². The van der Waals surface area contributed by atoms with E-state index in [2.05, 4.69) is 10.9 Å². The zero-order chi connectivity index (χ0) is 12.6. The molecule has 2 heteroatoms. The molecular formula is C16H17NO. The Morgan fingerprint density at radius 1 is 1.11 bits per heavy atom. The predicted octanol–water partition coefficient (Wildman–Crippen LogP) is 4.08. The van der Waals surface area contributed by atoms with E-state index in [4.69, 9.17) is 10.8 Å². The summed E-state index contributed by atoms with van der Waals surface area (Å²) in [6.45, 7) is 0. The first-order valence-electron chi connectivity index (χ1n) is 6.33. The third-order valence-corrected chi connectivity index (χ3v) is 2.83. The maximum absolute atomic E-state index is 5.49. The molecule has 0 spiro atoms. The molecule has 0 radical (unpaired) electrons. The van der Waals surface area contributed by atoms with Gasteiger partial charge in [0.15, 0.2) is 0 Å². The minimum absolute atomic E-state index is 0.703. The fraction of sp³-hybridized carbons (Fsp3) is 0.312. The van der Waals surface area contributed by atoms with Gasteiger partial charge in [-0.25, -0.2) is 4.98 Å². The summed E-state index contributed by atoms with van der Waals surface area (Å²) in [5.74, 6) is 3.36. The molecule has 0 unspecified atom stereocenters. The summed E-state index contributed by atoms with van der Waals surface area (Å²) in [5.41, 5.74) is 2.05. The SMILES string of the molecule is C#CCCCCCc1coc(-c2ccccc2)n1. The third kappa shape index (κ3) is 3.49. The van der Waals surface area contributed by atoms with E-state index < -0.39 is 0 Å². The summed E-state index contributed by atoms with van der Waals surface area (Å²) >= 11 is 0. The maximum Gasteiger partial charge on any atom is 0.226 e. The minimum Gasteiger partial charge on any atom is -0.444 e. The number of benzene rings is 1. The Morgan fingerprint density at radius 3 is 2.72 bits per heavy atom. The van der Waals surface area contributed by atoms with Crippen LogP contribution in [-0.2, 0) is 6.42 Å². The van der Waals surface area contributed by atoms with Crippen molar-refractivity contribution in [2.45, 2.75) is 32.1 Å². The molecule has 0 fully saturated rings. The van der Waals surface area contributed by atoms with Crippen LogP contribution in [0.25, 0.3) is 11.5 Å². The van der Waals surface area contributed by atoms with Crippen molar-refractivity contribution in [2.24, 2.45) is 0 Å². The molecule has 0 amide bonds. The molecule has 1 aromatic heterocycles. The van der Waals surface area contributed by atoms with Crippen LogP contribution in [0.3, 0.4) is 0 Å². The topological polar surface area (TPSA) is 26.0 Å². The number of hydrogen-bond donors (Lipinski definition) is 0. The zero-order valence-electron chi connectivity index (χ0n) is 10.4. The Labute approximate surface area is 108 Å². The smallest absolute Gasteiger partial charge is 0.226 e. The average molecular weight is 239 g/mol. The molecule has 92 valence electrons. The summed E-state index contributed by atoms with van der Waals surface area (Å²) in [5, 5.41) is 0. The van der Waals surface area contributed by atoms with E-state index in [-0.39, 0.29) is 0 Å². The lowest BCUT2D eigenvalue weighted by Crippen LogP contribution is -1.86. The van der Waals surface area contributed by atoms with Gasteiger partial charge in [0.2, 0.25) is 5.89 Å². The van der Waals surface area contributed by atoms with Crippen LogP contribution in [0, 0.1) is 12.3 Å². The zero-order valence-corrected chi connectivity index (χ0v) is 10.4. The van der Waals surface area contributed by atoms with Gasteiger partial charge < -0.3 is 4.42 Å². The van der Waals surface area contributed by atoms with E-state index in [1.807, 2.05) is 30.3 Å². The first-order chi connectivity index (χ1) is 8.90. The lowest BCUT2D eigenvalue weighted by atomic mass is 10.1.